The minimum atomic E-state index is 0.420. The summed E-state index contributed by atoms with van der Waals surface area (Å²) in [5.41, 5.74) is 1.44. The lowest BCUT2D eigenvalue weighted by atomic mass is 9.95. The lowest BCUT2D eigenvalue weighted by Gasteiger charge is -2.21. The molecule has 2 rings (SSSR count). The van der Waals surface area contributed by atoms with Gasteiger partial charge in [0.15, 0.2) is 5.71 Å². The lowest BCUT2D eigenvalue weighted by Crippen LogP contribution is -2.22. The molecule has 0 aromatic rings. The molecule has 2 aliphatic heterocycles. The van der Waals surface area contributed by atoms with Crippen molar-refractivity contribution in [3.8, 4) is 6.07 Å². The van der Waals surface area contributed by atoms with E-state index in [1.54, 1.807) is 0 Å². The van der Waals surface area contributed by atoms with Gasteiger partial charge < -0.3 is 9.74 Å². The van der Waals surface area contributed by atoms with Crippen molar-refractivity contribution < 1.29 is 4.84 Å². The van der Waals surface area contributed by atoms with E-state index < -0.39 is 0 Å². The second-order valence-electron chi connectivity index (χ2n) is 3.74. The Morgan fingerprint density at radius 2 is 2.64 bits per heavy atom. The smallest absolute Gasteiger partial charge is 0.184 e. The summed E-state index contributed by atoms with van der Waals surface area (Å²) < 4.78 is 0. The van der Waals surface area contributed by atoms with Crippen molar-refractivity contribution in [2.75, 3.05) is 20.2 Å². The van der Waals surface area contributed by atoms with Crippen molar-refractivity contribution in [3.63, 3.8) is 0 Å². The van der Waals surface area contributed by atoms with Gasteiger partial charge in [0.25, 0.3) is 0 Å². The van der Waals surface area contributed by atoms with Crippen molar-refractivity contribution in [2.45, 2.75) is 12.8 Å². The van der Waals surface area contributed by atoms with Gasteiger partial charge in [-0.05, 0) is 18.8 Å². The molecule has 4 heteroatoms. The fourth-order valence-corrected chi connectivity index (χ4v) is 2.13. The van der Waals surface area contributed by atoms with Crippen LogP contribution in [0.25, 0.3) is 0 Å². The van der Waals surface area contributed by atoms with E-state index in [0.29, 0.717) is 11.6 Å². The van der Waals surface area contributed by atoms with Crippen molar-refractivity contribution in [1.29, 1.82) is 5.26 Å². The number of hydrogen-bond donors (Lipinski definition) is 0. The molecule has 0 aromatic heterocycles. The Labute approximate surface area is 83.4 Å². The van der Waals surface area contributed by atoms with E-state index in [9.17, 15) is 0 Å². The largest absolute Gasteiger partial charge is 0.398 e. The number of allylic oxidation sites excluding steroid dienone is 1. The van der Waals surface area contributed by atoms with Crippen LogP contribution in [0.2, 0.25) is 0 Å². The number of rotatable bonds is 2. The molecule has 0 amide bonds. The maximum atomic E-state index is 8.88. The highest BCUT2D eigenvalue weighted by Crippen LogP contribution is 2.29. The first-order chi connectivity index (χ1) is 6.83. The van der Waals surface area contributed by atoms with E-state index in [2.05, 4.69) is 21.0 Å². The molecule has 4 nitrogen and oxygen atoms in total. The molecule has 0 spiro atoms. The zero-order valence-electron chi connectivity index (χ0n) is 8.23. The molecule has 2 bridgehead atoms. The fourth-order valence-electron chi connectivity index (χ4n) is 2.13. The van der Waals surface area contributed by atoms with Crippen LogP contribution in [-0.4, -0.2) is 30.8 Å². The van der Waals surface area contributed by atoms with E-state index in [4.69, 9.17) is 5.26 Å². The maximum absolute atomic E-state index is 8.88. The predicted octanol–water partition coefficient (Wildman–Crippen LogP) is 1.12. The fraction of sp³-hybridized carbons (Fsp3) is 0.600. The molecule has 1 unspecified atom stereocenters. The Morgan fingerprint density at radius 1 is 1.79 bits per heavy atom. The summed E-state index contributed by atoms with van der Waals surface area (Å²) in [6.07, 6.45) is 4.24. The third-order valence-electron chi connectivity index (χ3n) is 2.76. The summed E-state index contributed by atoms with van der Waals surface area (Å²) in [7, 11) is 1.47. The van der Waals surface area contributed by atoms with Gasteiger partial charge in [-0.3, -0.25) is 0 Å². The number of oxime groups is 1. The topological polar surface area (TPSA) is 48.6 Å². The lowest BCUT2D eigenvalue weighted by molar-refractivity contribution is 0.214. The second kappa shape index (κ2) is 3.70. The highest BCUT2D eigenvalue weighted by atomic mass is 16.6. The van der Waals surface area contributed by atoms with Gasteiger partial charge in [0.2, 0.25) is 0 Å². The Kier molecular flexibility index (Phi) is 2.40. The quantitative estimate of drug-likeness (QED) is 0.485. The first-order valence-corrected chi connectivity index (χ1v) is 4.80. The highest BCUT2D eigenvalue weighted by molar-refractivity contribution is 6.11. The van der Waals surface area contributed by atoms with E-state index in [1.807, 2.05) is 6.20 Å². The van der Waals surface area contributed by atoms with Crippen LogP contribution in [0.3, 0.4) is 0 Å². The normalized spacial score (nSPS) is 25.7. The average molecular weight is 191 g/mol. The summed E-state index contributed by atoms with van der Waals surface area (Å²) in [4.78, 5) is 6.90. The molecule has 1 atom stereocenters. The third kappa shape index (κ3) is 1.58. The van der Waals surface area contributed by atoms with Crippen LogP contribution in [0.1, 0.15) is 12.8 Å². The summed E-state index contributed by atoms with van der Waals surface area (Å²) in [5.74, 6) is 0.699. The molecule has 1 fully saturated rings. The molecule has 0 aromatic carbocycles. The number of fused-ring (bicyclic) bond motifs is 2. The number of hydrogen-bond acceptors (Lipinski definition) is 4. The predicted molar refractivity (Wildman–Crippen MR) is 52.4 cm³/mol. The summed E-state index contributed by atoms with van der Waals surface area (Å²) in [5, 5.41) is 12.6. The van der Waals surface area contributed by atoms with Gasteiger partial charge in [-0.15, -0.1) is 0 Å². The van der Waals surface area contributed by atoms with E-state index in [0.717, 1.165) is 25.1 Å². The minimum absolute atomic E-state index is 0.420. The molecule has 0 N–H and O–H groups in total. The van der Waals surface area contributed by atoms with Crippen LogP contribution in [0.5, 0.6) is 0 Å². The van der Waals surface area contributed by atoms with Crippen molar-refractivity contribution in [1.82, 2.24) is 4.90 Å². The van der Waals surface area contributed by atoms with Crippen LogP contribution in [0, 0.1) is 17.2 Å². The summed E-state index contributed by atoms with van der Waals surface area (Å²) in [6, 6.07) is 2.07. The van der Waals surface area contributed by atoms with Gasteiger partial charge in [-0.2, -0.15) is 5.26 Å². The molecule has 0 saturated carbocycles. The minimum Gasteiger partial charge on any atom is -0.398 e. The second-order valence-corrected chi connectivity index (χ2v) is 3.74. The van der Waals surface area contributed by atoms with Gasteiger partial charge >= 0.3 is 0 Å². The highest BCUT2D eigenvalue weighted by Gasteiger charge is 2.28. The van der Waals surface area contributed by atoms with Gasteiger partial charge in [0, 0.05) is 24.9 Å². The Hall–Kier alpha value is -1.50. The molecule has 0 aliphatic carbocycles. The molecule has 1 saturated heterocycles. The zero-order chi connectivity index (χ0) is 9.97. The Morgan fingerprint density at radius 3 is 3.29 bits per heavy atom. The molecule has 2 heterocycles. The van der Waals surface area contributed by atoms with Gasteiger partial charge in [-0.1, -0.05) is 5.16 Å². The van der Waals surface area contributed by atoms with E-state index >= 15 is 0 Å². The Bertz CT molecular complexity index is 327. The number of nitriles is 1. The van der Waals surface area contributed by atoms with Crippen LogP contribution in [0.4, 0.5) is 0 Å². The van der Waals surface area contributed by atoms with E-state index in [-0.39, 0.29) is 0 Å². The van der Waals surface area contributed by atoms with Gasteiger partial charge in [-0.25, -0.2) is 0 Å². The first-order valence-electron chi connectivity index (χ1n) is 4.80. The van der Waals surface area contributed by atoms with Gasteiger partial charge in [0.1, 0.15) is 13.2 Å². The molecular weight excluding hydrogens is 178 g/mol. The standard InChI is InChI=1S/C10H13N3O/c1-14-12-10(5-11)9-4-8-2-3-13(6-8)7-9/h7-8H,2-4,6H2,1H3. The molecule has 2 aliphatic rings. The zero-order valence-corrected chi connectivity index (χ0v) is 8.23. The third-order valence-corrected chi connectivity index (χ3v) is 2.76. The van der Waals surface area contributed by atoms with Crippen molar-refractivity contribution in [2.24, 2.45) is 11.1 Å². The first kappa shape index (κ1) is 9.07. The van der Waals surface area contributed by atoms with E-state index in [1.165, 1.54) is 13.5 Å². The SMILES string of the molecule is CON=C(C#N)C1=CN2CCC(C1)C2. The Balaban J connectivity index is 2.19. The maximum Gasteiger partial charge on any atom is 0.184 e. The van der Waals surface area contributed by atoms with Crippen LogP contribution < -0.4 is 0 Å². The van der Waals surface area contributed by atoms with Crippen LogP contribution in [0.15, 0.2) is 16.9 Å². The van der Waals surface area contributed by atoms with Gasteiger partial charge in [0.05, 0.1) is 0 Å². The van der Waals surface area contributed by atoms with Crippen molar-refractivity contribution >= 4 is 5.71 Å². The average Bonchev–Trinajstić information content (AvgIpc) is 2.54. The summed E-state index contributed by atoms with van der Waals surface area (Å²) in [6.45, 7) is 2.25. The van der Waals surface area contributed by atoms with Crippen molar-refractivity contribution in [3.05, 3.63) is 11.8 Å². The molecule has 0 radical (unpaired) electrons. The monoisotopic (exact) mass is 191 g/mol. The number of nitrogens with zero attached hydrogens (tertiary/aromatic N) is 3. The van der Waals surface area contributed by atoms with Crippen LogP contribution in [-0.2, 0) is 4.84 Å². The molecular formula is C10H13N3O. The van der Waals surface area contributed by atoms with Crippen LogP contribution >= 0.6 is 0 Å². The molecule has 14 heavy (non-hydrogen) atoms. The summed E-state index contributed by atoms with van der Waals surface area (Å²) >= 11 is 0. The molecule has 74 valence electrons.